The summed E-state index contributed by atoms with van der Waals surface area (Å²) < 4.78 is 32.3. The van der Waals surface area contributed by atoms with Gasteiger partial charge in [-0.1, -0.05) is 6.58 Å². The van der Waals surface area contributed by atoms with Gasteiger partial charge in [-0.15, -0.1) is 11.3 Å². The highest BCUT2D eigenvalue weighted by molar-refractivity contribution is 7.17. The maximum atomic E-state index is 14.9. The third kappa shape index (κ3) is 3.39. The second-order valence-corrected chi connectivity index (χ2v) is 8.08. The first-order valence-corrected chi connectivity index (χ1v) is 10.7. The number of benzene rings is 1. The van der Waals surface area contributed by atoms with Gasteiger partial charge in [0.25, 0.3) is 5.91 Å². The lowest BCUT2D eigenvalue weighted by Gasteiger charge is -2.29. The standard InChI is InChI=1S/C22H19FN2O5S/c1-2-18(27)25-5-8-29-21-15(23)9-13(10-16(21)25)14-12-31-22-17(26)11-19(30-20(14)22)24-3-6-28-7-4-24/h2,9-12H,1,3-8H2. The molecular formula is C22H19FN2O5S. The van der Waals surface area contributed by atoms with Crippen LogP contribution in [0.2, 0.25) is 0 Å². The van der Waals surface area contributed by atoms with Crippen molar-refractivity contribution in [2.75, 3.05) is 49.3 Å². The molecule has 9 heteroatoms. The number of hydrogen-bond donors (Lipinski definition) is 0. The van der Waals surface area contributed by atoms with Gasteiger partial charge in [0, 0.05) is 30.1 Å². The molecule has 0 radical (unpaired) electrons. The number of anilines is 2. The van der Waals surface area contributed by atoms with Crippen LogP contribution in [-0.4, -0.2) is 45.4 Å². The fraction of sp³-hybridized carbons (Fsp3) is 0.273. The molecule has 0 unspecified atom stereocenters. The summed E-state index contributed by atoms with van der Waals surface area (Å²) >= 11 is 1.25. The summed E-state index contributed by atoms with van der Waals surface area (Å²) in [5.41, 5.74) is 1.67. The van der Waals surface area contributed by atoms with Gasteiger partial charge in [0.2, 0.25) is 5.43 Å². The summed E-state index contributed by atoms with van der Waals surface area (Å²) in [7, 11) is 0. The van der Waals surface area contributed by atoms with Crippen LogP contribution < -0.4 is 20.0 Å². The fourth-order valence-corrected chi connectivity index (χ4v) is 4.76. The minimum atomic E-state index is -0.583. The van der Waals surface area contributed by atoms with E-state index >= 15 is 0 Å². The summed E-state index contributed by atoms with van der Waals surface area (Å²) in [5.74, 6) is -0.427. The Morgan fingerprint density at radius 2 is 1.97 bits per heavy atom. The summed E-state index contributed by atoms with van der Waals surface area (Å²) in [4.78, 5) is 28.4. The molecule has 2 aromatic heterocycles. The van der Waals surface area contributed by atoms with Crippen molar-refractivity contribution in [3.05, 3.63) is 52.3 Å². The summed E-state index contributed by atoms with van der Waals surface area (Å²) in [5, 5.41) is 1.77. The van der Waals surface area contributed by atoms with Crippen LogP contribution in [0.15, 0.2) is 45.4 Å². The van der Waals surface area contributed by atoms with E-state index in [-0.39, 0.29) is 23.7 Å². The van der Waals surface area contributed by atoms with Crippen LogP contribution in [0.5, 0.6) is 5.75 Å². The largest absolute Gasteiger partial charge is 0.486 e. The molecule has 0 aliphatic carbocycles. The van der Waals surface area contributed by atoms with Crippen molar-refractivity contribution < 1.29 is 23.1 Å². The molecule has 0 atom stereocenters. The number of rotatable bonds is 3. The Kier molecular flexibility index (Phi) is 4.99. The highest BCUT2D eigenvalue weighted by Gasteiger charge is 2.27. The zero-order valence-electron chi connectivity index (χ0n) is 16.6. The van der Waals surface area contributed by atoms with Crippen molar-refractivity contribution in [1.82, 2.24) is 0 Å². The van der Waals surface area contributed by atoms with E-state index in [1.165, 1.54) is 34.4 Å². The molecule has 7 nitrogen and oxygen atoms in total. The predicted molar refractivity (Wildman–Crippen MR) is 117 cm³/mol. The Balaban J connectivity index is 1.65. The van der Waals surface area contributed by atoms with Crippen molar-refractivity contribution in [3.63, 3.8) is 0 Å². The molecule has 5 rings (SSSR count). The van der Waals surface area contributed by atoms with Crippen LogP contribution in [0.25, 0.3) is 21.4 Å². The van der Waals surface area contributed by atoms with E-state index < -0.39 is 5.82 Å². The van der Waals surface area contributed by atoms with Gasteiger partial charge in [-0.25, -0.2) is 4.39 Å². The Morgan fingerprint density at radius 1 is 1.16 bits per heavy atom. The van der Waals surface area contributed by atoms with E-state index in [9.17, 15) is 14.0 Å². The molecule has 160 valence electrons. The molecule has 0 spiro atoms. The molecular weight excluding hydrogens is 423 g/mol. The SMILES string of the molecule is C=CC(=O)N1CCOc2c(F)cc(-c3csc4c(=O)cc(N5CCOCC5)oc34)cc21. The van der Waals surface area contributed by atoms with Crippen LogP contribution in [0.4, 0.5) is 16.0 Å². The number of fused-ring (bicyclic) bond motifs is 2. The van der Waals surface area contributed by atoms with Crippen molar-refractivity contribution >= 4 is 39.1 Å². The zero-order valence-corrected chi connectivity index (χ0v) is 17.4. The quantitative estimate of drug-likeness (QED) is 0.579. The molecule has 0 bridgehead atoms. The monoisotopic (exact) mass is 442 g/mol. The number of carbonyl (C=O) groups is 1. The normalized spacial score (nSPS) is 16.2. The number of halogens is 1. The molecule has 2 aliphatic rings. The molecule has 1 saturated heterocycles. The fourth-order valence-electron chi connectivity index (χ4n) is 3.85. The number of ether oxygens (including phenoxy) is 2. The third-order valence-electron chi connectivity index (χ3n) is 5.38. The average molecular weight is 442 g/mol. The van der Waals surface area contributed by atoms with Crippen molar-refractivity contribution in [1.29, 1.82) is 0 Å². The van der Waals surface area contributed by atoms with Crippen LogP contribution in [-0.2, 0) is 9.53 Å². The summed E-state index contributed by atoms with van der Waals surface area (Å²) in [6, 6.07) is 4.51. The molecule has 3 aromatic rings. The first-order valence-electron chi connectivity index (χ1n) is 9.85. The van der Waals surface area contributed by atoms with Gasteiger partial charge in [-0.2, -0.15) is 0 Å². The topological polar surface area (TPSA) is 72.2 Å². The van der Waals surface area contributed by atoms with Crippen molar-refractivity contribution in [2.24, 2.45) is 0 Å². The van der Waals surface area contributed by atoms with Gasteiger partial charge in [0.15, 0.2) is 23.0 Å². The van der Waals surface area contributed by atoms with Gasteiger partial charge >= 0.3 is 0 Å². The molecule has 0 N–H and O–H groups in total. The number of carbonyl (C=O) groups excluding carboxylic acids is 1. The Labute approximate surface area is 180 Å². The molecule has 2 aliphatic heterocycles. The van der Waals surface area contributed by atoms with E-state index in [0.717, 1.165) is 0 Å². The van der Waals surface area contributed by atoms with Crippen LogP contribution in [0.1, 0.15) is 0 Å². The van der Waals surface area contributed by atoms with E-state index in [1.807, 2.05) is 4.90 Å². The van der Waals surface area contributed by atoms with Crippen molar-refractivity contribution in [3.8, 4) is 16.9 Å². The van der Waals surface area contributed by atoms with Gasteiger partial charge in [0.1, 0.15) is 11.3 Å². The van der Waals surface area contributed by atoms with E-state index in [4.69, 9.17) is 13.9 Å². The lowest BCUT2D eigenvalue weighted by molar-refractivity contribution is -0.114. The van der Waals surface area contributed by atoms with Crippen LogP contribution in [0.3, 0.4) is 0 Å². The molecule has 1 fully saturated rings. The van der Waals surface area contributed by atoms with Gasteiger partial charge < -0.3 is 23.7 Å². The first-order chi connectivity index (χ1) is 15.1. The zero-order chi connectivity index (χ0) is 21.5. The lowest BCUT2D eigenvalue weighted by atomic mass is 10.0. The Morgan fingerprint density at radius 3 is 2.74 bits per heavy atom. The van der Waals surface area contributed by atoms with Crippen molar-refractivity contribution in [2.45, 2.75) is 0 Å². The number of thiophene rings is 1. The molecule has 1 amide bonds. The van der Waals surface area contributed by atoms with Gasteiger partial charge in [-0.05, 0) is 23.8 Å². The van der Waals surface area contributed by atoms with E-state index in [0.29, 0.717) is 65.8 Å². The highest BCUT2D eigenvalue weighted by atomic mass is 32.1. The number of hydrogen-bond acceptors (Lipinski definition) is 7. The minimum absolute atomic E-state index is 0.0280. The predicted octanol–water partition coefficient (Wildman–Crippen LogP) is 3.41. The second-order valence-electron chi connectivity index (χ2n) is 7.20. The number of amides is 1. The van der Waals surface area contributed by atoms with Crippen LogP contribution in [0, 0.1) is 5.82 Å². The Bertz CT molecular complexity index is 1240. The molecule has 1 aromatic carbocycles. The number of morpholine rings is 1. The lowest BCUT2D eigenvalue weighted by Crippen LogP contribution is -2.37. The van der Waals surface area contributed by atoms with E-state index in [2.05, 4.69) is 6.58 Å². The summed E-state index contributed by atoms with van der Waals surface area (Å²) in [6.07, 6.45) is 1.19. The maximum Gasteiger partial charge on any atom is 0.250 e. The molecule has 31 heavy (non-hydrogen) atoms. The van der Waals surface area contributed by atoms with Crippen LogP contribution >= 0.6 is 11.3 Å². The molecule has 0 saturated carbocycles. The third-order valence-corrected chi connectivity index (χ3v) is 6.36. The Hall–Kier alpha value is -3.17. The second kappa shape index (κ2) is 7.82. The number of nitrogens with zero attached hydrogens (tertiary/aromatic N) is 2. The minimum Gasteiger partial charge on any atom is -0.486 e. The van der Waals surface area contributed by atoms with E-state index in [1.54, 1.807) is 11.4 Å². The van der Waals surface area contributed by atoms with Gasteiger partial charge in [0.05, 0.1) is 25.4 Å². The maximum absolute atomic E-state index is 14.9. The smallest absolute Gasteiger partial charge is 0.250 e. The van der Waals surface area contributed by atoms with Gasteiger partial charge in [-0.3, -0.25) is 9.59 Å². The first kappa shape index (κ1) is 19.8. The molecule has 4 heterocycles. The highest BCUT2D eigenvalue weighted by Crippen LogP contribution is 2.41. The summed E-state index contributed by atoms with van der Waals surface area (Å²) in [6.45, 7) is 6.37. The average Bonchev–Trinajstić information content (AvgIpc) is 3.23.